The van der Waals surface area contributed by atoms with E-state index in [0.29, 0.717) is 25.8 Å². The van der Waals surface area contributed by atoms with Gasteiger partial charge in [0.15, 0.2) is 0 Å². The first-order valence-electron chi connectivity index (χ1n) is 34.9. The molecule has 7 amide bonds. The monoisotopic (exact) mass is 1460 g/mol. The van der Waals surface area contributed by atoms with E-state index in [2.05, 4.69) is 20.9 Å². The van der Waals surface area contributed by atoms with Crippen molar-refractivity contribution in [2.75, 3.05) is 87.7 Å². The van der Waals surface area contributed by atoms with Gasteiger partial charge in [-0.3, -0.25) is 38.6 Å². The van der Waals surface area contributed by atoms with Crippen molar-refractivity contribution in [3.05, 3.63) is 89.5 Å². The van der Waals surface area contributed by atoms with Gasteiger partial charge in [-0.25, -0.2) is 19.1 Å². The average Bonchev–Trinajstić information content (AvgIpc) is 1.64. The minimum atomic E-state index is -1.86. The van der Waals surface area contributed by atoms with Gasteiger partial charge < -0.3 is 93.4 Å². The number of carbonyl (C=O) groups is 9. The second-order valence-electron chi connectivity index (χ2n) is 26.9. The van der Waals surface area contributed by atoms with Crippen molar-refractivity contribution in [1.82, 2.24) is 45.2 Å². The number of benzene rings is 2. The number of methoxy groups -OCH3 is 2. The van der Waals surface area contributed by atoms with Crippen LogP contribution in [-0.4, -0.2) is 279 Å². The number of furan rings is 1. The third-order valence-electron chi connectivity index (χ3n) is 19.1. The summed E-state index contributed by atoms with van der Waals surface area (Å²) < 4.78 is 54.1. The molecule has 0 bridgehead atoms. The van der Waals surface area contributed by atoms with E-state index in [0.717, 1.165) is 21.4 Å². The predicted octanol–water partition coefficient (Wildman–Crippen LogP) is 2.13. The van der Waals surface area contributed by atoms with Crippen molar-refractivity contribution in [1.29, 1.82) is 0 Å². The second-order valence-corrected chi connectivity index (χ2v) is 26.9. The zero-order valence-corrected chi connectivity index (χ0v) is 60.6. The molecule has 0 radical (unpaired) electrons. The number of carboxylic acids is 2. The number of amides is 7. The number of nitrogens with zero attached hydrogens (tertiary/aromatic N) is 7. The Labute approximate surface area is 602 Å². The molecule has 574 valence electrons. The van der Waals surface area contributed by atoms with Crippen molar-refractivity contribution >= 4 is 64.4 Å². The molecule has 2 aromatic carbocycles. The fourth-order valence-electron chi connectivity index (χ4n) is 13.2. The summed E-state index contributed by atoms with van der Waals surface area (Å²) in [6.45, 7) is 13.4. The SMILES string of the molecule is CCC(C)[C@@H]([C@@H](CC(=O)N1CCC[C@H]1[C@H](OC)[C@@H](C)C(=O)NC(Cc1ccccc1)C(=O)O)OC)N(C)C(=O)[C@@H](NC(=O)[C@H](C(C)C)N(C)C(=O)OC(Cc1cn(CCOCCOCCOCCN2C(=O)C=CC2=O)nn1)c1ccc(O[C@@H]2O[C@H](CO)[C@H](O)[C@H](O)[C@H]2O)c2cc(C(=O)O)oc12)C(C)C. The van der Waals surface area contributed by atoms with Gasteiger partial charge in [-0.1, -0.05) is 90.4 Å². The fraction of sp³-hybridized carbons (Fsp3) is 0.620. The molecule has 4 aromatic rings. The fourth-order valence-corrected chi connectivity index (χ4v) is 13.2. The topological polar surface area (TPSA) is 430 Å². The number of aliphatic hydroxyl groups is 4. The molecule has 2 saturated heterocycles. The quantitative estimate of drug-likeness (QED) is 0.0233. The summed E-state index contributed by atoms with van der Waals surface area (Å²) in [6, 6.07) is 7.68. The third-order valence-corrected chi connectivity index (χ3v) is 19.1. The molecule has 33 nitrogen and oxygen atoms in total. The number of aliphatic hydroxyl groups excluding tert-OH is 4. The predicted molar refractivity (Wildman–Crippen MR) is 368 cm³/mol. The molecule has 2 fully saturated rings. The van der Waals surface area contributed by atoms with Crippen LogP contribution in [-0.2, 0) is 86.1 Å². The van der Waals surface area contributed by atoms with Gasteiger partial charge >= 0.3 is 18.0 Å². The number of aromatic nitrogens is 3. The first-order chi connectivity index (χ1) is 49.5. The van der Waals surface area contributed by atoms with E-state index in [1.54, 1.807) is 83.1 Å². The van der Waals surface area contributed by atoms with Crippen molar-refractivity contribution < 1.29 is 116 Å². The van der Waals surface area contributed by atoms with Crippen LogP contribution < -0.4 is 15.4 Å². The van der Waals surface area contributed by atoms with Crippen LogP contribution in [0.15, 0.2) is 71.3 Å². The molecule has 33 heteroatoms. The van der Waals surface area contributed by atoms with Gasteiger partial charge in [0.2, 0.25) is 35.7 Å². The maximum absolute atomic E-state index is 15.1. The Hall–Kier alpha value is -8.51. The lowest BCUT2D eigenvalue weighted by Crippen LogP contribution is -2.60. The molecular weight excluding hydrogens is 1360 g/mol. The largest absolute Gasteiger partial charge is 0.480 e. The van der Waals surface area contributed by atoms with Gasteiger partial charge in [-0.2, -0.15) is 0 Å². The first-order valence-corrected chi connectivity index (χ1v) is 34.9. The normalized spacial score (nSPS) is 20.9. The number of likely N-dealkylation sites (tertiary alicyclic amines) is 1. The number of ether oxygens (including phenoxy) is 8. The highest BCUT2D eigenvalue weighted by Crippen LogP contribution is 2.39. The number of carbonyl (C=O) groups excluding carboxylic acids is 7. The highest BCUT2D eigenvalue weighted by molar-refractivity contribution is 6.12. The van der Waals surface area contributed by atoms with Crippen molar-refractivity contribution in [3.8, 4) is 5.75 Å². The van der Waals surface area contributed by atoms with Gasteiger partial charge in [0.05, 0.1) is 107 Å². The number of carboxylic acid groups (broad SMARTS) is 2. The summed E-state index contributed by atoms with van der Waals surface area (Å²) in [5.41, 5.74) is 0.835. The smallest absolute Gasteiger partial charge is 0.410 e. The maximum atomic E-state index is 15.1. The molecule has 0 saturated carbocycles. The molecule has 5 heterocycles. The highest BCUT2D eigenvalue weighted by atomic mass is 16.7. The molecule has 3 unspecified atom stereocenters. The van der Waals surface area contributed by atoms with Crippen LogP contribution in [0.1, 0.15) is 108 Å². The summed E-state index contributed by atoms with van der Waals surface area (Å²) in [6.07, 6.45) is -7.50. The summed E-state index contributed by atoms with van der Waals surface area (Å²) in [7, 11) is 5.79. The van der Waals surface area contributed by atoms with Crippen LogP contribution >= 0.6 is 0 Å². The summed E-state index contributed by atoms with van der Waals surface area (Å²) in [4.78, 5) is 127. The molecule has 2 aromatic heterocycles. The Morgan fingerprint density at radius 3 is 2.02 bits per heavy atom. The van der Waals surface area contributed by atoms with E-state index >= 15 is 4.79 Å². The summed E-state index contributed by atoms with van der Waals surface area (Å²) in [5, 5.41) is 76.2. The zero-order valence-electron chi connectivity index (χ0n) is 60.6. The van der Waals surface area contributed by atoms with Crippen LogP contribution in [0.4, 0.5) is 4.79 Å². The minimum absolute atomic E-state index is 0.0413. The Morgan fingerprint density at radius 1 is 0.769 bits per heavy atom. The number of hydrogen-bond donors (Lipinski definition) is 8. The van der Waals surface area contributed by atoms with Crippen molar-refractivity contribution in [2.45, 2.75) is 173 Å². The van der Waals surface area contributed by atoms with E-state index in [1.165, 1.54) is 55.1 Å². The molecule has 0 aliphatic carbocycles. The van der Waals surface area contributed by atoms with Gasteiger partial charge in [0.25, 0.3) is 11.8 Å². The molecule has 8 N–H and O–H groups in total. The second kappa shape index (κ2) is 39.0. The van der Waals surface area contributed by atoms with Crippen LogP contribution in [0.3, 0.4) is 0 Å². The van der Waals surface area contributed by atoms with Crippen LogP contribution in [0, 0.1) is 23.7 Å². The maximum Gasteiger partial charge on any atom is 0.410 e. The van der Waals surface area contributed by atoms with E-state index in [1.807, 2.05) is 13.8 Å². The lowest BCUT2D eigenvalue weighted by molar-refractivity contribution is -0.277. The Kier molecular flexibility index (Phi) is 31.1. The third kappa shape index (κ3) is 21.1. The standard InChI is InChI=1S/C71H101N9O24/c1-12-41(6)59(51(96-10)36-56(84)79-24-16-19-48(79)63(97-11)42(7)65(88)72-47(68(91)92)33-43-17-14-13-15-18-43)76(8)67(90)57(39(2)3)73-66(89)58(40(4)5)77(9)71(95)104-50(34-44-37-78(75-74-44)25-27-98-29-31-100-32-30-99-28-26-80-54(82)22-23-55(80)83)45-20-21-49(46-35-52(69(93)94)101-64(45)46)102-70-62(87)61(86)60(85)53(38-81)103-70/h13-15,17-18,20-23,35,37,39-42,47-48,50-51,53,57-63,70,81,85-87H,12,16,19,24-34,36,38H2,1-11H3,(H,72,88)(H,73,89)(H,91,92)(H,93,94)/t41?,42-,47?,48+,50?,51-,53-,57+,58+,59+,60+,61+,62-,63-,70-/m1/s1. The Balaban J connectivity index is 1.06. The van der Waals surface area contributed by atoms with Crippen LogP contribution in [0.2, 0.25) is 0 Å². The van der Waals surface area contributed by atoms with Gasteiger partial charge in [-0.05, 0) is 48.3 Å². The Bertz CT molecular complexity index is 3550. The van der Waals surface area contributed by atoms with E-state index in [-0.39, 0.29) is 112 Å². The van der Waals surface area contributed by atoms with E-state index in [4.69, 9.17) is 42.3 Å². The minimum Gasteiger partial charge on any atom is -0.480 e. The van der Waals surface area contributed by atoms with Crippen molar-refractivity contribution in [2.24, 2.45) is 23.7 Å². The number of rotatable bonds is 41. The molecule has 7 rings (SSSR count). The number of likely N-dealkylation sites (N-methyl/N-ethyl adjacent to an activating group) is 2. The average molecular weight is 1460 g/mol. The van der Waals surface area contributed by atoms with Gasteiger partial charge in [-0.15, -0.1) is 5.10 Å². The van der Waals surface area contributed by atoms with Crippen LogP contribution in [0.5, 0.6) is 5.75 Å². The number of fused-ring (bicyclic) bond motifs is 1. The summed E-state index contributed by atoms with van der Waals surface area (Å²) >= 11 is 0. The van der Waals surface area contributed by atoms with Gasteiger partial charge in [0.1, 0.15) is 60.0 Å². The number of aliphatic carboxylic acids is 1. The number of imide groups is 1. The van der Waals surface area contributed by atoms with E-state index < -0.39 is 157 Å². The number of nitrogens with one attached hydrogen (secondary N) is 2. The molecule has 0 spiro atoms. The molecule has 104 heavy (non-hydrogen) atoms. The molecule has 15 atom stereocenters. The van der Waals surface area contributed by atoms with Crippen molar-refractivity contribution in [3.63, 3.8) is 0 Å². The van der Waals surface area contributed by atoms with E-state index in [9.17, 15) is 69.0 Å². The Morgan fingerprint density at radius 2 is 1.42 bits per heavy atom. The lowest BCUT2D eigenvalue weighted by atomic mass is 9.89. The molecular formula is C71H101N9O24. The summed E-state index contributed by atoms with van der Waals surface area (Å²) in [5.74, 6) is -8.75. The number of aromatic carboxylic acids is 1. The highest BCUT2D eigenvalue weighted by Gasteiger charge is 2.47. The van der Waals surface area contributed by atoms with Gasteiger partial charge in [0, 0.05) is 77.7 Å². The zero-order chi connectivity index (χ0) is 76.2. The first kappa shape index (κ1) is 82.8. The number of hydrogen-bond acceptors (Lipinski definition) is 24. The lowest BCUT2D eigenvalue weighted by Gasteiger charge is -2.41. The molecule has 3 aliphatic rings. The van der Waals surface area contributed by atoms with Crippen LogP contribution in [0.25, 0.3) is 11.0 Å². The molecule has 3 aliphatic heterocycles.